The molecule has 2 aromatic heterocycles. The zero-order valence-electron chi connectivity index (χ0n) is 16.4. The van der Waals surface area contributed by atoms with E-state index >= 15 is 0 Å². The summed E-state index contributed by atoms with van der Waals surface area (Å²) in [6.07, 6.45) is 12.1. The van der Waals surface area contributed by atoms with Crippen molar-refractivity contribution in [1.82, 2.24) is 19.7 Å². The second-order valence-corrected chi connectivity index (χ2v) is 8.87. The molecule has 1 atom stereocenters. The molecular formula is C21H30N6O. The van der Waals surface area contributed by atoms with E-state index < -0.39 is 5.54 Å². The SMILES string of the molecule is NC1CCC(N)(c2nccc(-c3cnn([C@H]4CCOC4)c3CC3CC3)n2)CC1. The molecule has 3 fully saturated rings. The molecule has 7 nitrogen and oxygen atoms in total. The summed E-state index contributed by atoms with van der Waals surface area (Å²) in [6.45, 7) is 1.57. The van der Waals surface area contributed by atoms with Crippen molar-refractivity contribution in [2.24, 2.45) is 17.4 Å². The Bertz CT molecular complexity index is 831. The minimum Gasteiger partial charge on any atom is -0.379 e. The Morgan fingerprint density at radius 3 is 2.71 bits per heavy atom. The van der Waals surface area contributed by atoms with Crippen LogP contribution in [0.25, 0.3) is 11.3 Å². The molecule has 0 aromatic carbocycles. The monoisotopic (exact) mass is 382 g/mol. The normalized spacial score (nSPS) is 30.6. The van der Waals surface area contributed by atoms with Gasteiger partial charge in [0.25, 0.3) is 0 Å². The van der Waals surface area contributed by atoms with E-state index in [2.05, 4.69) is 9.67 Å². The topological polar surface area (TPSA) is 105 Å². The van der Waals surface area contributed by atoms with Crippen LogP contribution in [0.15, 0.2) is 18.5 Å². The largest absolute Gasteiger partial charge is 0.379 e. The Kier molecular flexibility index (Phi) is 4.69. The molecule has 4 N–H and O–H groups in total. The quantitative estimate of drug-likeness (QED) is 0.822. The van der Waals surface area contributed by atoms with E-state index in [4.69, 9.17) is 26.3 Å². The number of hydrogen-bond donors (Lipinski definition) is 2. The van der Waals surface area contributed by atoms with Crippen molar-refractivity contribution >= 4 is 0 Å². The molecule has 3 heterocycles. The average Bonchev–Trinajstić information content (AvgIpc) is 3.19. The lowest BCUT2D eigenvalue weighted by atomic mass is 9.80. The Morgan fingerprint density at radius 2 is 2.00 bits per heavy atom. The van der Waals surface area contributed by atoms with Gasteiger partial charge in [-0.1, -0.05) is 0 Å². The summed E-state index contributed by atoms with van der Waals surface area (Å²) in [5, 5.41) is 4.75. The fourth-order valence-corrected chi connectivity index (χ4v) is 4.56. The second-order valence-electron chi connectivity index (χ2n) is 8.87. The van der Waals surface area contributed by atoms with Gasteiger partial charge in [-0.05, 0) is 63.4 Å². The zero-order chi connectivity index (χ0) is 19.1. The van der Waals surface area contributed by atoms with Gasteiger partial charge in [-0.2, -0.15) is 5.10 Å². The summed E-state index contributed by atoms with van der Waals surface area (Å²) in [5.74, 6) is 1.52. The molecule has 28 heavy (non-hydrogen) atoms. The van der Waals surface area contributed by atoms with Gasteiger partial charge in [0.1, 0.15) is 5.82 Å². The fourth-order valence-electron chi connectivity index (χ4n) is 4.56. The predicted molar refractivity (Wildman–Crippen MR) is 106 cm³/mol. The van der Waals surface area contributed by atoms with Gasteiger partial charge < -0.3 is 16.2 Å². The van der Waals surface area contributed by atoms with Crippen LogP contribution in [0, 0.1) is 5.92 Å². The third kappa shape index (κ3) is 3.47. The van der Waals surface area contributed by atoms with E-state index in [-0.39, 0.29) is 6.04 Å². The van der Waals surface area contributed by atoms with Crippen molar-refractivity contribution in [3.8, 4) is 11.3 Å². The van der Waals surface area contributed by atoms with Crippen LogP contribution >= 0.6 is 0 Å². The molecule has 0 unspecified atom stereocenters. The highest BCUT2D eigenvalue weighted by Crippen LogP contribution is 2.38. The van der Waals surface area contributed by atoms with Gasteiger partial charge in [-0.25, -0.2) is 9.97 Å². The van der Waals surface area contributed by atoms with E-state index in [0.717, 1.165) is 74.7 Å². The van der Waals surface area contributed by atoms with Gasteiger partial charge in [-0.3, -0.25) is 4.68 Å². The average molecular weight is 383 g/mol. The minimum atomic E-state index is -0.474. The maximum atomic E-state index is 6.71. The molecule has 2 aromatic rings. The molecule has 1 saturated heterocycles. The molecule has 7 heteroatoms. The van der Waals surface area contributed by atoms with Gasteiger partial charge >= 0.3 is 0 Å². The second kappa shape index (κ2) is 7.21. The highest BCUT2D eigenvalue weighted by Gasteiger charge is 2.35. The lowest BCUT2D eigenvalue weighted by Gasteiger charge is -2.34. The molecule has 1 aliphatic heterocycles. The summed E-state index contributed by atoms with van der Waals surface area (Å²) in [4.78, 5) is 9.48. The summed E-state index contributed by atoms with van der Waals surface area (Å²) >= 11 is 0. The van der Waals surface area contributed by atoms with Crippen LogP contribution < -0.4 is 11.5 Å². The Balaban J connectivity index is 1.49. The third-order valence-corrected chi connectivity index (χ3v) is 6.63. The van der Waals surface area contributed by atoms with E-state index in [9.17, 15) is 0 Å². The lowest BCUT2D eigenvalue weighted by Crippen LogP contribution is -2.44. The van der Waals surface area contributed by atoms with Gasteiger partial charge in [0, 0.05) is 30.1 Å². The first-order valence-electron chi connectivity index (χ1n) is 10.6. The van der Waals surface area contributed by atoms with Crippen molar-refractivity contribution in [1.29, 1.82) is 0 Å². The number of hydrogen-bond acceptors (Lipinski definition) is 6. The number of rotatable bonds is 5. The highest BCUT2D eigenvalue weighted by molar-refractivity contribution is 5.61. The number of aromatic nitrogens is 4. The van der Waals surface area contributed by atoms with Gasteiger partial charge in [0.15, 0.2) is 0 Å². The van der Waals surface area contributed by atoms with Crippen LogP contribution in [-0.2, 0) is 16.7 Å². The van der Waals surface area contributed by atoms with Crippen LogP contribution in [0.3, 0.4) is 0 Å². The summed E-state index contributed by atoms with van der Waals surface area (Å²) in [6, 6.07) is 2.57. The Labute approximate surface area is 165 Å². The molecule has 150 valence electrons. The molecule has 3 aliphatic rings. The fraction of sp³-hybridized carbons (Fsp3) is 0.667. The van der Waals surface area contributed by atoms with Crippen molar-refractivity contribution in [3.05, 3.63) is 30.0 Å². The predicted octanol–water partition coefficient (Wildman–Crippen LogP) is 2.31. The number of nitrogens with zero attached hydrogens (tertiary/aromatic N) is 4. The van der Waals surface area contributed by atoms with Gasteiger partial charge in [0.05, 0.1) is 30.1 Å². The smallest absolute Gasteiger partial charge is 0.148 e. The number of nitrogens with two attached hydrogens (primary N) is 2. The van der Waals surface area contributed by atoms with Gasteiger partial charge in [0.2, 0.25) is 0 Å². The standard InChI is InChI=1S/C21H30N6O/c22-15-3-7-21(23,8-4-15)20-24-9-5-18(26-20)17-12-25-27(16-6-10-28-13-16)19(17)11-14-1-2-14/h5,9,12,14-16H,1-4,6-8,10-11,13,22-23H2/t15?,16-,21?/m0/s1. The molecule has 0 amide bonds. The molecule has 2 aliphatic carbocycles. The Hall–Kier alpha value is -1.83. The first kappa shape index (κ1) is 18.2. The molecule has 2 saturated carbocycles. The molecule has 0 spiro atoms. The van der Waals surface area contributed by atoms with E-state index in [0.29, 0.717) is 6.04 Å². The van der Waals surface area contributed by atoms with E-state index in [1.54, 1.807) is 0 Å². The molecule has 0 bridgehead atoms. The van der Waals surface area contributed by atoms with Crippen LogP contribution in [0.4, 0.5) is 0 Å². The van der Waals surface area contributed by atoms with Gasteiger partial charge in [-0.15, -0.1) is 0 Å². The van der Waals surface area contributed by atoms with Crippen molar-refractivity contribution in [2.45, 2.75) is 69.0 Å². The molecule has 5 rings (SSSR count). The van der Waals surface area contributed by atoms with Crippen LogP contribution in [0.5, 0.6) is 0 Å². The van der Waals surface area contributed by atoms with E-state index in [1.807, 2.05) is 18.5 Å². The van der Waals surface area contributed by atoms with Crippen LogP contribution in [0.2, 0.25) is 0 Å². The van der Waals surface area contributed by atoms with Crippen LogP contribution in [0.1, 0.15) is 62.5 Å². The summed E-state index contributed by atoms with van der Waals surface area (Å²) in [7, 11) is 0. The van der Waals surface area contributed by atoms with Crippen molar-refractivity contribution < 1.29 is 4.74 Å². The molecule has 0 radical (unpaired) electrons. The third-order valence-electron chi connectivity index (χ3n) is 6.63. The minimum absolute atomic E-state index is 0.247. The maximum absolute atomic E-state index is 6.71. The first-order chi connectivity index (χ1) is 13.6. The zero-order valence-corrected chi connectivity index (χ0v) is 16.4. The maximum Gasteiger partial charge on any atom is 0.148 e. The van der Waals surface area contributed by atoms with E-state index in [1.165, 1.54) is 18.5 Å². The van der Waals surface area contributed by atoms with Crippen molar-refractivity contribution in [3.63, 3.8) is 0 Å². The lowest BCUT2D eigenvalue weighted by molar-refractivity contribution is 0.184. The molecular weight excluding hydrogens is 352 g/mol. The summed E-state index contributed by atoms with van der Waals surface area (Å²) < 4.78 is 7.80. The van der Waals surface area contributed by atoms with Crippen LogP contribution in [-0.4, -0.2) is 39.0 Å². The van der Waals surface area contributed by atoms with Crippen molar-refractivity contribution in [2.75, 3.05) is 13.2 Å². The first-order valence-corrected chi connectivity index (χ1v) is 10.6. The Morgan fingerprint density at radius 1 is 1.18 bits per heavy atom. The highest BCUT2D eigenvalue weighted by atomic mass is 16.5. The number of ether oxygens (including phenoxy) is 1. The summed E-state index contributed by atoms with van der Waals surface area (Å²) in [5.41, 5.74) is 15.7.